The number of hydrogen-bond donors (Lipinski definition) is 1. The third-order valence-corrected chi connectivity index (χ3v) is 2.88. The molecule has 0 fully saturated rings. The second-order valence-electron chi connectivity index (χ2n) is 5.24. The number of fused-ring (bicyclic) bond motifs is 1. The summed E-state index contributed by atoms with van der Waals surface area (Å²) in [6.07, 6.45) is 0. The molecule has 3 heteroatoms. The van der Waals surface area contributed by atoms with Gasteiger partial charge in [-0.3, -0.25) is 4.68 Å². The Morgan fingerprint density at radius 1 is 1.31 bits per heavy atom. The van der Waals surface area contributed by atoms with E-state index in [9.17, 15) is 0 Å². The van der Waals surface area contributed by atoms with E-state index in [1.165, 1.54) is 11.1 Å². The summed E-state index contributed by atoms with van der Waals surface area (Å²) in [7, 11) is 2.00. The molecule has 2 aromatic rings. The Bertz CT molecular complexity index is 518. The maximum absolute atomic E-state index is 5.74. The van der Waals surface area contributed by atoms with E-state index < -0.39 is 0 Å². The zero-order chi connectivity index (χ0) is 11.9. The van der Waals surface area contributed by atoms with Crippen LogP contribution in [0.15, 0.2) is 18.2 Å². The lowest BCUT2D eigenvalue weighted by molar-refractivity contribution is 0.528. The van der Waals surface area contributed by atoms with Crippen molar-refractivity contribution in [3.05, 3.63) is 29.5 Å². The van der Waals surface area contributed by atoms with Crippen LogP contribution in [0.1, 0.15) is 32.0 Å². The zero-order valence-corrected chi connectivity index (χ0v) is 10.4. The fourth-order valence-corrected chi connectivity index (χ4v) is 2.33. The molecule has 0 aliphatic rings. The van der Waals surface area contributed by atoms with Gasteiger partial charge in [0.1, 0.15) is 0 Å². The first kappa shape index (κ1) is 11.1. The lowest BCUT2D eigenvalue weighted by Gasteiger charge is -2.19. The minimum absolute atomic E-state index is 0.0940. The van der Waals surface area contributed by atoms with Crippen LogP contribution in [0, 0.1) is 0 Å². The molecule has 0 unspecified atom stereocenters. The van der Waals surface area contributed by atoms with E-state index >= 15 is 0 Å². The van der Waals surface area contributed by atoms with Crippen molar-refractivity contribution in [2.24, 2.45) is 12.8 Å². The molecule has 0 saturated heterocycles. The van der Waals surface area contributed by atoms with E-state index in [-0.39, 0.29) is 5.41 Å². The standard InChI is InChI=1S/C13H19N3/c1-13(2,3)12-10-7-5-6-9(8-14)11(10)15-16(12)4/h5-7H,8,14H2,1-4H3. The highest BCUT2D eigenvalue weighted by Gasteiger charge is 2.22. The molecule has 0 saturated carbocycles. The number of benzene rings is 1. The van der Waals surface area contributed by atoms with E-state index in [0.29, 0.717) is 6.54 Å². The Labute approximate surface area is 96.2 Å². The van der Waals surface area contributed by atoms with Crippen LogP contribution in [-0.4, -0.2) is 9.78 Å². The van der Waals surface area contributed by atoms with E-state index in [4.69, 9.17) is 5.73 Å². The number of rotatable bonds is 1. The SMILES string of the molecule is Cn1nc2c(CN)cccc2c1C(C)(C)C. The average Bonchev–Trinajstić information content (AvgIpc) is 2.52. The third kappa shape index (κ3) is 1.61. The topological polar surface area (TPSA) is 43.8 Å². The van der Waals surface area contributed by atoms with Gasteiger partial charge in [0, 0.05) is 24.4 Å². The number of hydrogen-bond acceptors (Lipinski definition) is 2. The van der Waals surface area contributed by atoms with Gasteiger partial charge in [0.25, 0.3) is 0 Å². The monoisotopic (exact) mass is 217 g/mol. The van der Waals surface area contributed by atoms with Crippen molar-refractivity contribution in [1.82, 2.24) is 9.78 Å². The number of nitrogens with two attached hydrogens (primary N) is 1. The maximum Gasteiger partial charge on any atom is 0.0971 e. The quantitative estimate of drug-likeness (QED) is 0.796. The van der Waals surface area contributed by atoms with Gasteiger partial charge in [-0.15, -0.1) is 0 Å². The summed E-state index contributed by atoms with van der Waals surface area (Å²) in [5.41, 5.74) is 9.24. The van der Waals surface area contributed by atoms with Crippen LogP contribution in [-0.2, 0) is 19.0 Å². The first-order valence-electron chi connectivity index (χ1n) is 5.60. The van der Waals surface area contributed by atoms with Crippen molar-refractivity contribution in [1.29, 1.82) is 0 Å². The van der Waals surface area contributed by atoms with Gasteiger partial charge in [-0.05, 0) is 5.56 Å². The Hall–Kier alpha value is -1.35. The second-order valence-corrected chi connectivity index (χ2v) is 5.24. The molecule has 0 spiro atoms. The highest BCUT2D eigenvalue weighted by atomic mass is 15.3. The van der Waals surface area contributed by atoms with Gasteiger partial charge in [-0.2, -0.15) is 5.10 Å². The number of aryl methyl sites for hydroxylation is 1. The van der Waals surface area contributed by atoms with Crippen LogP contribution in [0.5, 0.6) is 0 Å². The highest BCUT2D eigenvalue weighted by molar-refractivity contribution is 5.85. The molecule has 2 rings (SSSR count). The van der Waals surface area contributed by atoms with Crippen molar-refractivity contribution in [3.63, 3.8) is 0 Å². The van der Waals surface area contributed by atoms with Crippen LogP contribution in [0.4, 0.5) is 0 Å². The first-order chi connectivity index (χ1) is 7.45. The lowest BCUT2D eigenvalue weighted by Crippen LogP contribution is -2.16. The van der Waals surface area contributed by atoms with Crippen LogP contribution in [0.25, 0.3) is 10.9 Å². The number of nitrogens with zero attached hydrogens (tertiary/aromatic N) is 2. The molecule has 1 heterocycles. The Morgan fingerprint density at radius 2 is 2.00 bits per heavy atom. The summed E-state index contributed by atoms with van der Waals surface area (Å²) in [5, 5.41) is 5.81. The largest absolute Gasteiger partial charge is 0.326 e. The Balaban J connectivity index is 2.81. The minimum Gasteiger partial charge on any atom is -0.326 e. The van der Waals surface area contributed by atoms with Gasteiger partial charge in [0.15, 0.2) is 0 Å². The summed E-state index contributed by atoms with van der Waals surface area (Å²) in [5.74, 6) is 0. The van der Waals surface area contributed by atoms with Gasteiger partial charge in [-0.25, -0.2) is 0 Å². The molecule has 0 aliphatic heterocycles. The highest BCUT2D eigenvalue weighted by Crippen LogP contribution is 2.30. The van der Waals surface area contributed by atoms with E-state index in [0.717, 1.165) is 11.1 Å². The molecular weight excluding hydrogens is 198 g/mol. The second kappa shape index (κ2) is 3.59. The van der Waals surface area contributed by atoms with Crippen molar-refractivity contribution in [2.75, 3.05) is 0 Å². The smallest absolute Gasteiger partial charge is 0.0971 e. The minimum atomic E-state index is 0.0940. The molecule has 16 heavy (non-hydrogen) atoms. The summed E-state index contributed by atoms with van der Waals surface area (Å²) < 4.78 is 1.98. The summed E-state index contributed by atoms with van der Waals surface area (Å²) >= 11 is 0. The van der Waals surface area contributed by atoms with E-state index in [1.54, 1.807) is 0 Å². The molecular formula is C13H19N3. The van der Waals surface area contributed by atoms with Gasteiger partial charge in [-0.1, -0.05) is 39.0 Å². The Kier molecular flexibility index (Phi) is 2.50. The third-order valence-electron chi connectivity index (χ3n) is 2.88. The fraction of sp³-hybridized carbons (Fsp3) is 0.462. The van der Waals surface area contributed by atoms with E-state index in [1.807, 2.05) is 17.8 Å². The van der Waals surface area contributed by atoms with Crippen LogP contribution in [0.2, 0.25) is 0 Å². The molecule has 0 aliphatic carbocycles. The van der Waals surface area contributed by atoms with Crippen LogP contribution >= 0.6 is 0 Å². The summed E-state index contributed by atoms with van der Waals surface area (Å²) in [6.45, 7) is 7.16. The van der Waals surface area contributed by atoms with Gasteiger partial charge >= 0.3 is 0 Å². The van der Waals surface area contributed by atoms with Gasteiger partial charge in [0.2, 0.25) is 0 Å². The van der Waals surface area contributed by atoms with Crippen LogP contribution < -0.4 is 5.73 Å². The van der Waals surface area contributed by atoms with Gasteiger partial charge < -0.3 is 5.73 Å². The molecule has 86 valence electrons. The molecule has 2 N–H and O–H groups in total. The predicted molar refractivity (Wildman–Crippen MR) is 67.3 cm³/mol. The predicted octanol–water partition coefficient (Wildman–Crippen LogP) is 2.33. The molecule has 3 nitrogen and oxygen atoms in total. The van der Waals surface area contributed by atoms with Crippen molar-refractivity contribution in [2.45, 2.75) is 32.7 Å². The average molecular weight is 217 g/mol. The van der Waals surface area contributed by atoms with Gasteiger partial charge in [0.05, 0.1) is 11.2 Å². The van der Waals surface area contributed by atoms with E-state index in [2.05, 4.69) is 38.0 Å². The molecule has 0 bridgehead atoms. The molecule has 0 amide bonds. The normalized spacial score (nSPS) is 12.3. The first-order valence-corrected chi connectivity index (χ1v) is 5.60. The van der Waals surface area contributed by atoms with Crippen LogP contribution in [0.3, 0.4) is 0 Å². The molecule has 1 aromatic heterocycles. The molecule has 0 radical (unpaired) electrons. The zero-order valence-electron chi connectivity index (χ0n) is 10.4. The maximum atomic E-state index is 5.74. The summed E-state index contributed by atoms with van der Waals surface area (Å²) in [6, 6.07) is 6.23. The fourth-order valence-electron chi connectivity index (χ4n) is 2.33. The van der Waals surface area contributed by atoms with Crippen molar-refractivity contribution < 1.29 is 0 Å². The molecule has 0 atom stereocenters. The lowest BCUT2D eigenvalue weighted by atomic mass is 9.89. The molecule has 1 aromatic carbocycles. The summed E-state index contributed by atoms with van der Waals surface area (Å²) in [4.78, 5) is 0. The van der Waals surface area contributed by atoms with Crippen molar-refractivity contribution >= 4 is 10.9 Å². The number of aromatic nitrogens is 2. The Morgan fingerprint density at radius 3 is 2.56 bits per heavy atom. The van der Waals surface area contributed by atoms with Crippen molar-refractivity contribution in [3.8, 4) is 0 Å².